The van der Waals surface area contributed by atoms with Crippen LogP contribution >= 0.6 is 0 Å². The summed E-state index contributed by atoms with van der Waals surface area (Å²) in [5.41, 5.74) is 15.9. The fourth-order valence-electron chi connectivity index (χ4n) is 1.30. The molecule has 0 fully saturated rings. The lowest BCUT2D eigenvalue weighted by Gasteiger charge is -2.09. The number of nitrogens with zero attached hydrogens (tertiary/aromatic N) is 3. The van der Waals surface area contributed by atoms with Crippen molar-refractivity contribution in [3.8, 4) is 0 Å². The Kier molecular flexibility index (Phi) is 3.57. The molecule has 1 rings (SSSR count). The number of nitrogen functional groups attached to an aromatic ring is 1. The van der Waals surface area contributed by atoms with Crippen molar-refractivity contribution in [2.45, 2.75) is 13.5 Å². The Morgan fingerprint density at radius 1 is 1.53 bits per heavy atom. The number of hydrogen-bond donors (Lipinski definition) is 3. The van der Waals surface area contributed by atoms with Gasteiger partial charge in [0.1, 0.15) is 0 Å². The summed E-state index contributed by atoms with van der Waals surface area (Å²) in [4.78, 5) is 2.62. The van der Waals surface area contributed by atoms with Crippen LogP contribution in [0.1, 0.15) is 11.1 Å². The molecule has 6 nitrogen and oxygen atoms in total. The van der Waals surface area contributed by atoms with Crippen molar-refractivity contribution in [3.63, 3.8) is 0 Å². The Labute approximate surface area is 87.1 Å². The molecule has 0 radical (unpaired) electrons. The maximum atomic E-state index is 9.08. The van der Waals surface area contributed by atoms with E-state index in [4.69, 9.17) is 21.3 Å². The van der Waals surface area contributed by atoms with Crippen LogP contribution < -0.4 is 11.2 Å². The highest BCUT2D eigenvalue weighted by Gasteiger charge is 2.16. The molecule has 0 unspecified atom stereocenters. The lowest BCUT2D eigenvalue weighted by Crippen LogP contribution is -2.33. The molecule has 0 aromatic heterocycles. The molecular formula is C8H11BN4O2. The first-order chi connectivity index (χ1) is 7.06. The van der Waals surface area contributed by atoms with Crippen LogP contribution in [-0.2, 0) is 6.54 Å². The standard InChI is InChI=1S/C8H11BN4O2/c1-5-7(9(14)15)2-6(3-8(5)10)4-12-13-11/h2-3,14-15H,4,10H2,1H3. The van der Waals surface area contributed by atoms with Gasteiger partial charge in [0, 0.05) is 10.6 Å². The zero-order chi connectivity index (χ0) is 11.4. The predicted molar refractivity (Wildman–Crippen MR) is 58.3 cm³/mol. The van der Waals surface area contributed by atoms with E-state index in [-0.39, 0.29) is 6.54 Å². The van der Waals surface area contributed by atoms with Crippen molar-refractivity contribution >= 4 is 18.3 Å². The van der Waals surface area contributed by atoms with Crippen molar-refractivity contribution in [2.75, 3.05) is 5.73 Å². The third-order valence-corrected chi connectivity index (χ3v) is 2.14. The second-order valence-electron chi connectivity index (χ2n) is 3.16. The zero-order valence-electron chi connectivity index (χ0n) is 8.25. The molecule has 1 aromatic rings. The Balaban J connectivity index is 3.16. The normalized spacial score (nSPS) is 9.53. The van der Waals surface area contributed by atoms with Gasteiger partial charge in [0.05, 0.1) is 6.54 Å². The molecule has 0 spiro atoms. The molecule has 0 aliphatic heterocycles. The van der Waals surface area contributed by atoms with E-state index in [2.05, 4.69) is 10.0 Å². The van der Waals surface area contributed by atoms with Gasteiger partial charge in [-0.25, -0.2) is 0 Å². The topological polar surface area (TPSA) is 115 Å². The second-order valence-corrected chi connectivity index (χ2v) is 3.16. The Morgan fingerprint density at radius 2 is 2.20 bits per heavy atom. The molecule has 0 amide bonds. The van der Waals surface area contributed by atoms with Crippen LogP contribution in [-0.4, -0.2) is 17.2 Å². The van der Waals surface area contributed by atoms with Gasteiger partial charge in [-0.2, -0.15) is 0 Å². The van der Waals surface area contributed by atoms with Crippen LogP contribution in [0.5, 0.6) is 0 Å². The van der Waals surface area contributed by atoms with Gasteiger partial charge in [-0.15, -0.1) is 0 Å². The molecule has 4 N–H and O–H groups in total. The predicted octanol–water partition coefficient (Wildman–Crippen LogP) is 0.0673. The van der Waals surface area contributed by atoms with Gasteiger partial charge in [0.2, 0.25) is 0 Å². The minimum Gasteiger partial charge on any atom is -0.423 e. The average molecular weight is 206 g/mol. The van der Waals surface area contributed by atoms with E-state index >= 15 is 0 Å². The van der Waals surface area contributed by atoms with Crippen LogP contribution in [0.3, 0.4) is 0 Å². The molecule has 0 atom stereocenters. The second kappa shape index (κ2) is 4.70. The molecule has 78 valence electrons. The number of anilines is 1. The SMILES string of the molecule is Cc1c(N)cc(CN=[N+]=[N-])cc1B(O)O. The largest absolute Gasteiger partial charge is 0.488 e. The number of benzene rings is 1. The molecule has 0 heterocycles. The fraction of sp³-hybridized carbons (Fsp3) is 0.250. The van der Waals surface area contributed by atoms with E-state index in [0.29, 0.717) is 22.3 Å². The van der Waals surface area contributed by atoms with Crippen LogP contribution in [0, 0.1) is 6.92 Å². The summed E-state index contributed by atoms with van der Waals surface area (Å²) in [6, 6.07) is 3.21. The minimum atomic E-state index is -1.57. The van der Waals surface area contributed by atoms with Crippen molar-refractivity contribution in [1.29, 1.82) is 0 Å². The monoisotopic (exact) mass is 206 g/mol. The molecular weight excluding hydrogens is 195 g/mol. The summed E-state index contributed by atoms with van der Waals surface area (Å²) in [5.74, 6) is 0. The summed E-state index contributed by atoms with van der Waals surface area (Å²) < 4.78 is 0. The summed E-state index contributed by atoms with van der Waals surface area (Å²) in [7, 11) is -1.57. The number of hydrogen-bond acceptors (Lipinski definition) is 4. The van der Waals surface area contributed by atoms with E-state index in [0.717, 1.165) is 0 Å². The van der Waals surface area contributed by atoms with Crippen molar-refractivity contribution in [2.24, 2.45) is 5.11 Å². The van der Waals surface area contributed by atoms with E-state index in [1.54, 1.807) is 19.1 Å². The molecule has 0 bridgehead atoms. The van der Waals surface area contributed by atoms with Crippen LogP contribution in [0.4, 0.5) is 5.69 Å². The fourth-order valence-corrected chi connectivity index (χ4v) is 1.30. The van der Waals surface area contributed by atoms with Gasteiger partial charge in [-0.3, -0.25) is 0 Å². The summed E-state index contributed by atoms with van der Waals surface area (Å²) >= 11 is 0. The first-order valence-corrected chi connectivity index (χ1v) is 4.32. The summed E-state index contributed by atoms with van der Waals surface area (Å²) in [6.45, 7) is 1.84. The van der Waals surface area contributed by atoms with E-state index in [1.807, 2.05) is 0 Å². The van der Waals surface area contributed by atoms with Gasteiger partial charge in [0.25, 0.3) is 0 Å². The third-order valence-electron chi connectivity index (χ3n) is 2.14. The van der Waals surface area contributed by atoms with Gasteiger partial charge in [-0.1, -0.05) is 11.2 Å². The maximum absolute atomic E-state index is 9.08. The average Bonchev–Trinajstić information content (AvgIpc) is 2.19. The molecule has 0 saturated carbocycles. The number of azide groups is 1. The molecule has 1 aromatic carbocycles. The Morgan fingerprint density at radius 3 is 2.73 bits per heavy atom. The lowest BCUT2D eigenvalue weighted by molar-refractivity contribution is 0.425. The quantitative estimate of drug-likeness (QED) is 0.213. The van der Waals surface area contributed by atoms with Gasteiger partial charge in [0.15, 0.2) is 0 Å². The highest BCUT2D eigenvalue weighted by atomic mass is 16.4. The highest BCUT2D eigenvalue weighted by Crippen LogP contribution is 2.12. The Bertz CT molecular complexity index is 415. The van der Waals surface area contributed by atoms with E-state index < -0.39 is 7.12 Å². The van der Waals surface area contributed by atoms with Crippen LogP contribution in [0.15, 0.2) is 17.2 Å². The Hall–Kier alpha value is -1.69. The van der Waals surface area contributed by atoms with Crippen molar-refractivity contribution < 1.29 is 10.0 Å². The molecule has 0 aliphatic carbocycles. The molecule has 7 heteroatoms. The molecule has 15 heavy (non-hydrogen) atoms. The van der Waals surface area contributed by atoms with Crippen molar-refractivity contribution in [1.82, 2.24) is 0 Å². The van der Waals surface area contributed by atoms with Crippen LogP contribution in [0.2, 0.25) is 0 Å². The van der Waals surface area contributed by atoms with E-state index in [9.17, 15) is 0 Å². The van der Waals surface area contributed by atoms with E-state index in [1.165, 1.54) is 0 Å². The zero-order valence-corrected chi connectivity index (χ0v) is 8.25. The van der Waals surface area contributed by atoms with Gasteiger partial charge < -0.3 is 15.8 Å². The first kappa shape index (κ1) is 11.4. The smallest absolute Gasteiger partial charge is 0.423 e. The first-order valence-electron chi connectivity index (χ1n) is 4.32. The summed E-state index contributed by atoms with van der Waals surface area (Å²) in [5, 5.41) is 21.5. The summed E-state index contributed by atoms with van der Waals surface area (Å²) in [6.07, 6.45) is 0. The molecule has 0 saturated heterocycles. The number of rotatable bonds is 3. The minimum absolute atomic E-state index is 0.140. The van der Waals surface area contributed by atoms with Crippen molar-refractivity contribution in [3.05, 3.63) is 33.7 Å². The third kappa shape index (κ3) is 2.63. The number of nitrogens with two attached hydrogens (primary N) is 1. The van der Waals surface area contributed by atoms with Crippen LogP contribution in [0.25, 0.3) is 10.4 Å². The maximum Gasteiger partial charge on any atom is 0.488 e. The van der Waals surface area contributed by atoms with Gasteiger partial charge in [-0.05, 0) is 35.1 Å². The highest BCUT2D eigenvalue weighted by molar-refractivity contribution is 6.59. The lowest BCUT2D eigenvalue weighted by atomic mass is 9.76. The molecule has 0 aliphatic rings. The van der Waals surface area contributed by atoms with Gasteiger partial charge >= 0.3 is 7.12 Å².